The van der Waals surface area contributed by atoms with Crippen LogP contribution in [0.2, 0.25) is 5.02 Å². The Labute approximate surface area is 174 Å². The molecular formula is C20H26ClN3O5. The highest BCUT2D eigenvalue weighted by Gasteiger charge is 2.48. The Kier molecular flexibility index (Phi) is 7.24. The number of urea groups is 1. The van der Waals surface area contributed by atoms with Gasteiger partial charge in [-0.25, -0.2) is 4.79 Å². The lowest BCUT2D eigenvalue weighted by molar-refractivity contribution is -0.150. The summed E-state index contributed by atoms with van der Waals surface area (Å²) < 4.78 is 4.90. The first-order valence-corrected chi connectivity index (χ1v) is 9.75. The van der Waals surface area contributed by atoms with Crippen molar-refractivity contribution in [3.05, 3.63) is 28.8 Å². The highest BCUT2D eigenvalue weighted by Crippen LogP contribution is 2.24. The molecule has 1 aliphatic heterocycles. The molecule has 1 aromatic carbocycles. The van der Waals surface area contributed by atoms with Crippen molar-refractivity contribution in [1.82, 2.24) is 10.2 Å². The smallest absolute Gasteiger partial charge is 0.326 e. The van der Waals surface area contributed by atoms with Crippen LogP contribution in [0.3, 0.4) is 0 Å². The number of benzene rings is 1. The van der Waals surface area contributed by atoms with E-state index in [-0.39, 0.29) is 0 Å². The van der Waals surface area contributed by atoms with E-state index < -0.39 is 42.5 Å². The molecule has 29 heavy (non-hydrogen) atoms. The summed E-state index contributed by atoms with van der Waals surface area (Å²) in [5.74, 6) is -1.51. The lowest BCUT2D eigenvalue weighted by Crippen LogP contribution is -2.44. The average molecular weight is 424 g/mol. The van der Waals surface area contributed by atoms with Crippen LogP contribution in [-0.2, 0) is 19.1 Å². The molecule has 2 N–H and O–H groups in total. The number of anilines is 1. The fraction of sp³-hybridized carbons (Fsp3) is 0.500. The van der Waals surface area contributed by atoms with Crippen LogP contribution >= 0.6 is 11.6 Å². The third-order valence-corrected chi connectivity index (χ3v) is 5.08. The van der Waals surface area contributed by atoms with Gasteiger partial charge in [-0.15, -0.1) is 0 Å². The van der Waals surface area contributed by atoms with Crippen LogP contribution < -0.4 is 10.6 Å². The van der Waals surface area contributed by atoms with Gasteiger partial charge < -0.3 is 15.4 Å². The van der Waals surface area contributed by atoms with Gasteiger partial charge in [-0.2, -0.15) is 0 Å². The van der Waals surface area contributed by atoms with Crippen LogP contribution in [-0.4, -0.2) is 47.4 Å². The zero-order valence-corrected chi connectivity index (χ0v) is 17.8. The number of esters is 1. The molecule has 0 radical (unpaired) electrons. The van der Waals surface area contributed by atoms with Gasteiger partial charge in [0.2, 0.25) is 0 Å². The number of nitrogens with one attached hydrogen (secondary N) is 2. The normalized spacial score (nSPS) is 18.8. The summed E-state index contributed by atoms with van der Waals surface area (Å²) in [5, 5.41) is 5.69. The minimum absolute atomic E-state index is 0.373. The van der Waals surface area contributed by atoms with Crippen molar-refractivity contribution >= 4 is 41.1 Å². The number of carbonyl (C=O) groups excluding carboxylic acids is 4. The van der Waals surface area contributed by atoms with Crippen molar-refractivity contribution in [3.63, 3.8) is 0 Å². The Bertz CT molecular complexity index is 826. The minimum Gasteiger partial charge on any atom is -0.454 e. The van der Waals surface area contributed by atoms with E-state index in [2.05, 4.69) is 10.6 Å². The molecule has 1 saturated heterocycles. The molecule has 2 rings (SSSR count). The van der Waals surface area contributed by atoms with Gasteiger partial charge in [0.1, 0.15) is 12.1 Å². The number of ether oxygens (including phenoxy) is 1. The predicted octanol–water partition coefficient (Wildman–Crippen LogP) is 2.88. The molecule has 4 amide bonds. The molecule has 0 unspecified atom stereocenters. The van der Waals surface area contributed by atoms with Crippen LogP contribution in [0.15, 0.2) is 18.2 Å². The number of halogens is 1. The maximum atomic E-state index is 12.6. The molecule has 0 aliphatic carbocycles. The van der Waals surface area contributed by atoms with E-state index in [1.807, 2.05) is 20.8 Å². The minimum atomic E-state index is -1.04. The van der Waals surface area contributed by atoms with Crippen LogP contribution in [0, 0.1) is 12.8 Å². The predicted molar refractivity (Wildman–Crippen MR) is 108 cm³/mol. The van der Waals surface area contributed by atoms with Crippen LogP contribution in [0.5, 0.6) is 0 Å². The number of rotatable bonds is 8. The van der Waals surface area contributed by atoms with Gasteiger partial charge in [-0.05, 0) is 50.3 Å². The van der Waals surface area contributed by atoms with Crippen LogP contribution in [0.1, 0.15) is 39.2 Å². The fourth-order valence-electron chi connectivity index (χ4n) is 2.83. The van der Waals surface area contributed by atoms with Crippen molar-refractivity contribution in [2.75, 3.05) is 18.5 Å². The van der Waals surface area contributed by atoms with E-state index in [0.717, 1.165) is 16.9 Å². The van der Waals surface area contributed by atoms with Crippen LogP contribution in [0.25, 0.3) is 0 Å². The first kappa shape index (κ1) is 22.7. The Hall–Kier alpha value is -2.61. The summed E-state index contributed by atoms with van der Waals surface area (Å²) in [6.07, 6.45) is 1.23. The number of nitrogens with zero attached hydrogens (tertiary/aromatic N) is 1. The summed E-state index contributed by atoms with van der Waals surface area (Å²) in [5.41, 5.74) is 0.297. The lowest BCUT2D eigenvalue weighted by atomic mass is 9.92. The number of imide groups is 1. The molecule has 158 valence electrons. The van der Waals surface area contributed by atoms with Crippen molar-refractivity contribution in [2.24, 2.45) is 5.92 Å². The number of hydrogen-bond donors (Lipinski definition) is 2. The van der Waals surface area contributed by atoms with Gasteiger partial charge >= 0.3 is 12.0 Å². The second-order valence-electron chi connectivity index (χ2n) is 7.76. The molecule has 0 bridgehead atoms. The molecule has 1 heterocycles. The maximum Gasteiger partial charge on any atom is 0.326 e. The van der Waals surface area contributed by atoms with Crippen molar-refractivity contribution in [2.45, 2.75) is 46.1 Å². The Balaban J connectivity index is 1.85. The van der Waals surface area contributed by atoms with Crippen molar-refractivity contribution in [3.8, 4) is 0 Å². The first-order chi connectivity index (χ1) is 13.5. The van der Waals surface area contributed by atoms with Crippen LogP contribution in [0.4, 0.5) is 10.5 Å². The summed E-state index contributed by atoms with van der Waals surface area (Å²) in [7, 11) is 0. The molecule has 0 spiro atoms. The first-order valence-electron chi connectivity index (χ1n) is 9.37. The second-order valence-corrected chi connectivity index (χ2v) is 8.17. The lowest BCUT2D eigenvalue weighted by Gasteiger charge is -2.22. The van der Waals surface area contributed by atoms with E-state index in [1.165, 1.54) is 0 Å². The Morgan fingerprint density at radius 1 is 1.31 bits per heavy atom. The summed E-state index contributed by atoms with van der Waals surface area (Å²) >= 11 is 6.00. The molecule has 8 nitrogen and oxygen atoms in total. The number of amides is 4. The molecular weight excluding hydrogens is 398 g/mol. The van der Waals surface area contributed by atoms with Crippen molar-refractivity contribution in [1.29, 1.82) is 0 Å². The highest BCUT2D eigenvalue weighted by molar-refractivity contribution is 6.31. The largest absolute Gasteiger partial charge is 0.454 e. The van der Waals surface area contributed by atoms with E-state index in [9.17, 15) is 19.2 Å². The van der Waals surface area contributed by atoms with Gasteiger partial charge in [-0.3, -0.25) is 19.3 Å². The molecule has 1 fully saturated rings. The van der Waals surface area contributed by atoms with E-state index in [4.69, 9.17) is 16.3 Å². The molecule has 1 aliphatic rings. The topological polar surface area (TPSA) is 105 Å². The third kappa shape index (κ3) is 5.93. The van der Waals surface area contributed by atoms with E-state index >= 15 is 0 Å². The quantitative estimate of drug-likeness (QED) is 0.494. The van der Waals surface area contributed by atoms with Gasteiger partial charge in [0, 0.05) is 10.7 Å². The maximum absolute atomic E-state index is 12.6. The second kappa shape index (κ2) is 9.26. The standard InChI is InChI=1S/C20H26ClN3O5/c1-12(2)7-8-20(4)18(27)24(19(28)23-20)10-17(26)29-11-16(25)22-14-6-5-13(3)15(21)9-14/h5-6,9,12H,7-8,10-11H2,1-4H3,(H,22,25)(H,23,28)/t20-/m1/s1. The summed E-state index contributed by atoms with van der Waals surface area (Å²) in [6, 6.07) is 4.36. The van der Waals surface area contributed by atoms with E-state index in [1.54, 1.807) is 25.1 Å². The van der Waals surface area contributed by atoms with Crippen molar-refractivity contribution < 1.29 is 23.9 Å². The number of carbonyl (C=O) groups is 4. The molecule has 1 aromatic rings. The molecule has 1 atom stereocenters. The number of aryl methyl sites for hydroxylation is 1. The SMILES string of the molecule is Cc1ccc(NC(=O)COC(=O)CN2C(=O)N[C@](C)(CCC(C)C)C2=O)cc1Cl. The highest BCUT2D eigenvalue weighted by atomic mass is 35.5. The molecule has 0 saturated carbocycles. The molecule has 9 heteroatoms. The van der Waals surface area contributed by atoms with Gasteiger partial charge in [0.25, 0.3) is 11.8 Å². The van der Waals surface area contributed by atoms with Gasteiger partial charge in [0.05, 0.1) is 0 Å². The summed E-state index contributed by atoms with van der Waals surface area (Å²) in [6.45, 7) is 6.43. The third-order valence-electron chi connectivity index (χ3n) is 4.67. The Morgan fingerprint density at radius 2 is 2.00 bits per heavy atom. The monoisotopic (exact) mass is 423 g/mol. The number of hydrogen-bond acceptors (Lipinski definition) is 5. The van der Waals surface area contributed by atoms with Gasteiger partial charge in [0.15, 0.2) is 6.61 Å². The molecule has 0 aromatic heterocycles. The Morgan fingerprint density at radius 3 is 2.62 bits per heavy atom. The summed E-state index contributed by atoms with van der Waals surface area (Å²) in [4.78, 5) is 49.5. The van der Waals surface area contributed by atoms with E-state index in [0.29, 0.717) is 23.0 Å². The average Bonchev–Trinajstić information content (AvgIpc) is 2.85. The zero-order valence-electron chi connectivity index (χ0n) is 17.0. The fourth-order valence-corrected chi connectivity index (χ4v) is 3.01. The zero-order chi connectivity index (χ0) is 21.8. The van der Waals surface area contributed by atoms with Gasteiger partial charge in [-0.1, -0.05) is 31.5 Å².